The maximum atomic E-state index is 5.38. The maximum absolute atomic E-state index is 5.38. The first-order chi connectivity index (χ1) is 8.22. The fourth-order valence-corrected chi connectivity index (χ4v) is 2.05. The van der Waals surface area contributed by atoms with Gasteiger partial charge in [-0.2, -0.15) is 0 Å². The second-order valence-electron chi connectivity index (χ2n) is 4.33. The fourth-order valence-electron chi connectivity index (χ4n) is 2.05. The number of para-hydroxylation sites is 2. The predicted octanol–water partition coefficient (Wildman–Crippen LogP) is 2.52. The van der Waals surface area contributed by atoms with E-state index in [-0.39, 0.29) is 0 Å². The lowest BCUT2D eigenvalue weighted by Gasteiger charge is -2.26. The molecule has 0 heterocycles. The third-order valence-corrected chi connectivity index (χ3v) is 3.04. The molecule has 0 amide bonds. The monoisotopic (exact) mass is 236 g/mol. The van der Waals surface area contributed by atoms with Gasteiger partial charge in [-0.3, -0.25) is 0 Å². The van der Waals surface area contributed by atoms with Crippen LogP contribution in [0.1, 0.15) is 19.8 Å². The number of nitrogens with zero attached hydrogens (tertiary/aromatic N) is 1. The van der Waals surface area contributed by atoms with Crippen molar-refractivity contribution in [2.45, 2.75) is 25.8 Å². The van der Waals surface area contributed by atoms with Crippen LogP contribution in [-0.4, -0.2) is 33.8 Å². The molecule has 1 aromatic carbocycles. The molecule has 0 fully saturated rings. The van der Waals surface area contributed by atoms with Crippen LogP contribution in [0.3, 0.4) is 0 Å². The van der Waals surface area contributed by atoms with Gasteiger partial charge in [0.15, 0.2) is 0 Å². The summed E-state index contributed by atoms with van der Waals surface area (Å²) in [5, 5.41) is 3.36. The highest BCUT2D eigenvalue weighted by Gasteiger charge is 2.12. The number of nitrogens with one attached hydrogen (secondary N) is 1. The Bertz CT molecular complexity index is 328. The summed E-state index contributed by atoms with van der Waals surface area (Å²) in [5.41, 5.74) is 1.14. The van der Waals surface area contributed by atoms with Crippen molar-refractivity contribution in [3.63, 3.8) is 0 Å². The van der Waals surface area contributed by atoms with Gasteiger partial charge < -0.3 is 15.0 Å². The van der Waals surface area contributed by atoms with E-state index in [1.54, 1.807) is 7.11 Å². The lowest BCUT2D eigenvalue weighted by atomic mass is 10.1. The number of methoxy groups -OCH3 is 1. The number of benzene rings is 1. The molecule has 0 aliphatic heterocycles. The van der Waals surface area contributed by atoms with Gasteiger partial charge in [-0.05, 0) is 25.6 Å². The van der Waals surface area contributed by atoms with E-state index >= 15 is 0 Å². The van der Waals surface area contributed by atoms with E-state index in [4.69, 9.17) is 4.74 Å². The van der Waals surface area contributed by atoms with E-state index in [1.165, 1.54) is 12.8 Å². The normalized spacial score (nSPS) is 12.2. The van der Waals surface area contributed by atoms with Crippen molar-refractivity contribution < 1.29 is 4.74 Å². The Hall–Kier alpha value is -1.22. The van der Waals surface area contributed by atoms with Crippen molar-refractivity contribution in [1.82, 2.24) is 5.32 Å². The zero-order valence-electron chi connectivity index (χ0n) is 11.4. The molecule has 1 atom stereocenters. The van der Waals surface area contributed by atoms with E-state index in [9.17, 15) is 0 Å². The molecule has 0 aliphatic carbocycles. The van der Waals surface area contributed by atoms with Crippen LogP contribution in [-0.2, 0) is 0 Å². The van der Waals surface area contributed by atoms with Crippen LogP contribution >= 0.6 is 0 Å². The SMILES string of the molecule is CCCC(CN(C)c1ccccc1OC)NC. The first kappa shape index (κ1) is 13.8. The minimum Gasteiger partial charge on any atom is -0.495 e. The number of hydrogen-bond acceptors (Lipinski definition) is 3. The molecule has 0 bridgehead atoms. The predicted molar refractivity (Wildman–Crippen MR) is 74.0 cm³/mol. The standard InChI is InChI=1S/C14H24N2O/c1-5-8-12(15-2)11-16(3)13-9-6-7-10-14(13)17-4/h6-7,9-10,12,15H,5,8,11H2,1-4H3. The topological polar surface area (TPSA) is 24.5 Å². The second kappa shape index (κ2) is 7.17. The summed E-state index contributed by atoms with van der Waals surface area (Å²) >= 11 is 0. The molecule has 0 spiro atoms. The van der Waals surface area contributed by atoms with Crippen LogP contribution in [0.2, 0.25) is 0 Å². The maximum Gasteiger partial charge on any atom is 0.142 e. The van der Waals surface area contributed by atoms with E-state index in [0.717, 1.165) is 18.0 Å². The van der Waals surface area contributed by atoms with Gasteiger partial charge in [-0.25, -0.2) is 0 Å². The van der Waals surface area contributed by atoms with Gasteiger partial charge in [0.1, 0.15) is 5.75 Å². The van der Waals surface area contributed by atoms with Crippen LogP contribution in [0.25, 0.3) is 0 Å². The molecule has 0 radical (unpaired) electrons. The lowest BCUT2D eigenvalue weighted by molar-refractivity contribution is 0.413. The zero-order valence-corrected chi connectivity index (χ0v) is 11.4. The van der Waals surface area contributed by atoms with Crippen molar-refractivity contribution in [2.24, 2.45) is 0 Å². The molecule has 1 N–H and O–H groups in total. The molecule has 1 rings (SSSR count). The average molecular weight is 236 g/mol. The van der Waals surface area contributed by atoms with Gasteiger partial charge in [0.2, 0.25) is 0 Å². The highest BCUT2D eigenvalue weighted by Crippen LogP contribution is 2.26. The second-order valence-corrected chi connectivity index (χ2v) is 4.33. The van der Waals surface area contributed by atoms with Crippen LogP contribution < -0.4 is 15.0 Å². The summed E-state index contributed by atoms with van der Waals surface area (Å²) in [6.45, 7) is 3.21. The summed E-state index contributed by atoms with van der Waals surface area (Å²) in [7, 11) is 5.85. The van der Waals surface area contributed by atoms with E-state index in [2.05, 4.69) is 30.3 Å². The number of likely N-dealkylation sites (N-methyl/N-ethyl adjacent to an activating group) is 2. The summed E-state index contributed by atoms with van der Waals surface area (Å²) < 4.78 is 5.38. The lowest BCUT2D eigenvalue weighted by Crippen LogP contribution is -2.37. The first-order valence-electron chi connectivity index (χ1n) is 6.24. The Morgan fingerprint density at radius 2 is 2.06 bits per heavy atom. The Morgan fingerprint density at radius 3 is 2.65 bits per heavy atom. The fraction of sp³-hybridized carbons (Fsp3) is 0.571. The highest BCUT2D eigenvalue weighted by molar-refractivity contribution is 5.57. The molecule has 0 aromatic heterocycles. The summed E-state index contributed by atoms with van der Waals surface area (Å²) in [4.78, 5) is 2.25. The third kappa shape index (κ3) is 3.93. The van der Waals surface area contributed by atoms with Crippen molar-refractivity contribution in [3.8, 4) is 5.75 Å². The molecule has 0 saturated carbocycles. The molecule has 1 unspecified atom stereocenters. The molecule has 0 saturated heterocycles. The minimum atomic E-state index is 0.523. The van der Waals surface area contributed by atoms with E-state index in [0.29, 0.717) is 6.04 Å². The molecule has 3 heteroatoms. The van der Waals surface area contributed by atoms with E-state index < -0.39 is 0 Å². The summed E-state index contributed by atoms with van der Waals surface area (Å²) in [6, 6.07) is 8.66. The van der Waals surface area contributed by atoms with Gasteiger partial charge in [0.05, 0.1) is 12.8 Å². The molecule has 96 valence electrons. The van der Waals surface area contributed by atoms with Crippen LogP contribution in [0, 0.1) is 0 Å². The van der Waals surface area contributed by atoms with Crippen LogP contribution in [0.5, 0.6) is 5.75 Å². The number of anilines is 1. The average Bonchev–Trinajstić information content (AvgIpc) is 2.38. The summed E-state index contributed by atoms with van der Waals surface area (Å²) in [5.74, 6) is 0.932. The van der Waals surface area contributed by atoms with Crippen molar-refractivity contribution >= 4 is 5.69 Å². The molecular formula is C14H24N2O. The Labute approximate surface area is 105 Å². The first-order valence-corrected chi connectivity index (χ1v) is 6.24. The zero-order chi connectivity index (χ0) is 12.7. The largest absolute Gasteiger partial charge is 0.495 e. The third-order valence-electron chi connectivity index (χ3n) is 3.04. The molecule has 3 nitrogen and oxygen atoms in total. The smallest absolute Gasteiger partial charge is 0.142 e. The van der Waals surface area contributed by atoms with Crippen molar-refractivity contribution in [2.75, 3.05) is 32.6 Å². The van der Waals surface area contributed by atoms with Gasteiger partial charge in [-0.1, -0.05) is 25.5 Å². The molecule has 0 aliphatic rings. The number of rotatable bonds is 7. The van der Waals surface area contributed by atoms with Crippen LogP contribution in [0.4, 0.5) is 5.69 Å². The van der Waals surface area contributed by atoms with E-state index in [1.807, 2.05) is 25.2 Å². The van der Waals surface area contributed by atoms with Gasteiger partial charge >= 0.3 is 0 Å². The van der Waals surface area contributed by atoms with Gasteiger partial charge in [0.25, 0.3) is 0 Å². The van der Waals surface area contributed by atoms with Crippen LogP contribution in [0.15, 0.2) is 24.3 Å². The Kier molecular flexibility index (Phi) is 5.84. The minimum absolute atomic E-state index is 0.523. The number of ether oxygens (including phenoxy) is 1. The Morgan fingerprint density at radius 1 is 1.35 bits per heavy atom. The van der Waals surface area contributed by atoms with Gasteiger partial charge in [0, 0.05) is 19.6 Å². The molecule has 17 heavy (non-hydrogen) atoms. The van der Waals surface area contributed by atoms with Crippen molar-refractivity contribution in [3.05, 3.63) is 24.3 Å². The highest BCUT2D eigenvalue weighted by atomic mass is 16.5. The quantitative estimate of drug-likeness (QED) is 0.787. The Balaban J connectivity index is 2.71. The molecule has 1 aromatic rings. The molecular weight excluding hydrogens is 212 g/mol. The number of hydrogen-bond donors (Lipinski definition) is 1. The van der Waals surface area contributed by atoms with Crippen molar-refractivity contribution in [1.29, 1.82) is 0 Å². The van der Waals surface area contributed by atoms with Gasteiger partial charge in [-0.15, -0.1) is 0 Å². The summed E-state index contributed by atoms with van der Waals surface area (Å²) in [6.07, 6.45) is 2.39.